The monoisotopic (exact) mass is 362 g/mol. The Bertz CT molecular complexity index is 478. The highest BCUT2D eigenvalue weighted by molar-refractivity contribution is 9.10. The van der Waals surface area contributed by atoms with E-state index in [4.69, 9.17) is 11.6 Å². The summed E-state index contributed by atoms with van der Waals surface area (Å²) in [6.07, 6.45) is 8.52. The number of amides is 1. The van der Waals surface area contributed by atoms with Crippen LogP contribution in [0.4, 0.5) is 0 Å². The third-order valence-electron chi connectivity index (χ3n) is 3.57. The number of halogens is 2. The second-order valence-corrected chi connectivity index (χ2v) is 7.32. The van der Waals surface area contributed by atoms with Crippen molar-refractivity contribution in [2.24, 2.45) is 0 Å². The Morgan fingerprint density at radius 1 is 1.58 bits per heavy atom. The van der Waals surface area contributed by atoms with Gasteiger partial charge in [0.15, 0.2) is 0 Å². The summed E-state index contributed by atoms with van der Waals surface area (Å²) in [4.78, 5) is 16.1. The van der Waals surface area contributed by atoms with Crippen molar-refractivity contribution < 1.29 is 4.79 Å². The van der Waals surface area contributed by atoms with Crippen molar-refractivity contribution in [2.75, 3.05) is 12.8 Å². The lowest BCUT2D eigenvalue weighted by molar-refractivity contribution is 0.0949. The molecular formula is C13H16BrClN2OS. The molecule has 3 nitrogen and oxygen atoms in total. The van der Waals surface area contributed by atoms with E-state index in [0.717, 1.165) is 4.47 Å². The zero-order valence-electron chi connectivity index (χ0n) is 10.7. The van der Waals surface area contributed by atoms with Gasteiger partial charge in [0.2, 0.25) is 0 Å². The molecule has 0 aliphatic heterocycles. The molecule has 1 aromatic rings. The SMILES string of the molecule is CSC1(CNC(=O)c2cc(Br)cnc2Cl)CCCC1. The van der Waals surface area contributed by atoms with Crippen molar-refractivity contribution in [1.82, 2.24) is 10.3 Å². The molecule has 1 amide bonds. The van der Waals surface area contributed by atoms with Crippen molar-refractivity contribution >= 4 is 45.2 Å². The van der Waals surface area contributed by atoms with E-state index in [9.17, 15) is 4.79 Å². The van der Waals surface area contributed by atoms with E-state index in [1.807, 2.05) is 11.8 Å². The molecule has 1 saturated carbocycles. The van der Waals surface area contributed by atoms with Gasteiger partial charge in [-0.15, -0.1) is 0 Å². The predicted molar refractivity (Wildman–Crippen MR) is 84.0 cm³/mol. The number of hydrogen-bond acceptors (Lipinski definition) is 3. The first-order valence-corrected chi connectivity index (χ1v) is 8.60. The topological polar surface area (TPSA) is 42.0 Å². The average Bonchev–Trinajstić information content (AvgIpc) is 2.88. The maximum atomic E-state index is 12.2. The van der Waals surface area contributed by atoms with Gasteiger partial charge in [-0.05, 0) is 41.1 Å². The van der Waals surface area contributed by atoms with Gasteiger partial charge in [0.05, 0.1) is 5.56 Å². The summed E-state index contributed by atoms with van der Waals surface area (Å²) in [6.45, 7) is 0.690. The van der Waals surface area contributed by atoms with Crippen LogP contribution in [0.2, 0.25) is 5.15 Å². The van der Waals surface area contributed by atoms with Gasteiger partial charge in [-0.2, -0.15) is 11.8 Å². The van der Waals surface area contributed by atoms with Gasteiger partial charge in [-0.1, -0.05) is 24.4 Å². The molecule has 1 aliphatic rings. The normalized spacial score (nSPS) is 17.4. The molecule has 19 heavy (non-hydrogen) atoms. The first kappa shape index (κ1) is 15.1. The van der Waals surface area contributed by atoms with E-state index < -0.39 is 0 Å². The Morgan fingerprint density at radius 3 is 2.89 bits per heavy atom. The summed E-state index contributed by atoms with van der Waals surface area (Å²) < 4.78 is 0.948. The van der Waals surface area contributed by atoms with Crippen molar-refractivity contribution in [2.45, 2.75) is 30.4 Å². The summed E-state index contributed by atoms with van der Waals surface area (Å²) in [7, 11) is 0. The first-order chi connectivity index (χ1) is 9.06. The van der Waals surface area contributed by atoms with Gasteiger partial charge >= 0.3 is 0 Å². The molecule has 1 fully saturated rings. The number of carbonyl (C=O) groups excluding carboxylic acids is 1. The van der Waals surface area contributed by atoms with E-state index in [1.165, 1.54) is 25.7 Å². The molecule has 0 unspecified atom stereocenters. The fourth-order valence-electron chi connectivity index (χ4n) is 2.39. The lowest BCUT2D eigenvalue weighted by Gasteiger charge is -2.26. The molecule has 0 radical (unpaired) electrons. The smallest absolute Gasteiger partial charge is 0.254 e. The van der Waals surface area contributed by atoms with E-state index >= 15 is 0 Å². The predicted octanol–water partition coefficient (Wildman–Crippen LogP) is 3.90. The second-order valence-electron chi connectivity index (χ2n) is 4.77. The molecule has 1 N–H and O–H groups in total. The van der Waals surface area contributed by atoms with Crippen LogP contribution in [0.5, 0.6) is 0 Å². The van der Waals surface area contributed by atoms with Gasteiger partial charge in [0.25, 0.3) is 5.91 Å². The van der Waals surface area contributed by atoms with Gasteiger partial charge < -0.3 is 5.32 Å². The quantitative estimate of drug-likeness (QED) is 0.825. The van der Waals surface area contributed by atoms with E-state index in [1.54, 1.807) is 12.3 Å². The summed E-state index contributed by atoms with van der Waals surface area (Å²) in [6, 6.07) is 1.70. The fraction of sp³-hybridized carbons (Fsp3) is 0.538. The number of carbonyl (C=O) groups is 1. The number of rotatable bonds is 4. The molecule has 1 aromatic heterocycles. The van der Waals surface area contributed by atoms with Crippen LogP contribution in [0.1, 0.15) is 36.0 Å². The van der Waals surface area contributed by atoms with Gasteiger partial charge in [0.1, 0.15) is 5.15 Å². The summed E-state index contributed by atoms with van der Waals surface area (Å²) in [5, 5.41) is 3.24. The van der Waals surface area contributed by atoms with Crippen LogP contribution in [-0.4, -0.2) is 28.4 Å². The third-order valence-corrected chi connectivity index (χ3v) is 5.72. The second kappa shape index (κ2) is 6.46. The molecule has 0 spiro atoms. The number of hydrogen-bond donors (Lipinski definition) is 1. The van der Waals surface area contributed by atoms with Crippen molar-refractivity contribution in [3.63, 3.8) is 0 Å². The highest BCUT2D eigenvalue weighted by Crippen LogP contribution is 2.39. The van der Waals surface area contributed by atoms with Gasteiger partial charge in [0, 0.05) is 22.0 Å². The van der Waals surface area contributed by atoms with Crippen LogP contribution >= 0.6 is 39.3 Å². The van der Waals surface area contributed by atoms with Crippen LogP contribution in [0, 0.1) is 0 Å². The van der Waals surface area contributed by atoms with Crippen LogP contribution in [-0.2, 0) is 0 Å². The third kappa shape index (κ3) is 3.64. The largest absolute Gasteiger partial charge is 0.351 e. The lowest BCUT2D eigenvalue weighted by Crippen LogP contribution is -2.38. The fourth-order valence-corrected chi connectivity index (χ4v) is 3.82. The van der Waals surface area contributed by atoms with Crippen LogP contribution in [0.3, 0.4) is 0 Å². The van der Waals surface area contributed by atoms with Crippen molar-refractivity contribution in [1.29, 1.82) is 0 Å². The van der Waals surface area contributed by atoms with Crippen LogP contribution in [0.15, 0.2) is 16.7 Å². The maximum absolute atomic E-state index is 12.2. The molecule has 0 atom stereocenters. The van der Waals surface area contributed by atoms with Crippen LogP contribution < -0.4 is 5.32 Å². The van der Waals surface area contributed by atoms with Crippen LogP contribution in [0.25, 0.3) is 0 Å². The Labute approximate surface area is 131 Å². The zero-order chi connectivity index (χ0) is 13.9. The van der Waals surface area contributed by atoms with E-state index in [0.29, 0.717) is 12.1 Å². The summed E-state index contributed by atoms with van der Waals surface area (Å²) in [5.74, 6) is -0.154. The molecule has 1 aliphatic carbocycles. The summed E-state index contributed by atoms with van der Waals surface area (Å²) >= 11 is 11.1. The average molecular weight is 364 g/mol. The minimum Gasteiger partial charge on any atom is -0.351 e. The van der Waals surface area contributed by atoms with E-state index in [2.05, 4.69) is 32.5 Å². The molecule has 0 saturated heterocycles. The molecule has 104 valence electrons. The molecular weight excluding hydrogens is 348 g/mol. The minimum atomic E-state index is -0.154. The molecule has 0 bridgehead atoms. The Morgan fingerprint density at radius 2 is 2.26 bits per heavy atom. The molecule has 1 heterocycles. The molecule has 2 rings (SSSR count). The van der Waals surface area contributed by atoms with E-state index in [-0.39, 0.29) is 15.8 Å². The Kier molecular flexibility index (Phi) is 5.15. The van der Waals surface area contributed by atoms with Crippen molar-refractivity contribution in [3.05, 3.63) is 27.5 Å². The standard InChI is InChI=1S/C13H16BrClN2OS/c1-19-13(4-2-3-5-13)8-17-12(18)10-6-9(14)7-16-11(10)15/h6-7H,2-5,8H2,1H3,(H,17,18). The first-order valence-electron chi connectivity index (χ1n) is 6.21. The summed E-state index contributed by atoms with van der Waals surface area (Å²) in [5.41, 5.74) is 0.422. The minimum absolute atomic E-state index is 0.154. The number of aromatic nitrogens is 1. The van der Waals surface area contributed by atoms with Gasteiger partial charge in [-0.25, -0.2) is 4.98 Å². The van der Waals surface area contributed by atoms with Gasteiger partial charge in [-0.3, -0.25) is 4.79 Å². The lowest BCUT2D eigenvalue weighted by atomic mass is 10.1. The zero-order valence-corrected chi connectivity index (χ0v) is 13.9. The number of pyridine rings is 1. The number of nitrogens with zero attached hydrogens (tertiary/aromatic N) is 1. The Balaban J connectivity index is 2.03. The molecule has 6 heteroatoms. The highest BCUT2D eigenvalue weighted by atomic mass is 79.9. The highest BCUT2D eigenvalue weighted by Gasteiger charge is 2.33. The number of nitrogens with one attached hydrogen (secondary N) is 1. The van der Waals surface area contributed by atoms with Crippen molar-refractivity contribution in [3.8, 4) is 0 Å². The molecule has 0 aromatic carbocycles. The maximum Gasteiger partial charge on any atom is 0.254 e. The number of thioether (sulfide) groups is 1. The Hall–Kier alpha value is -0.260.